The van der Waals surface area contributed by atoms with Gasteiger partial charge in [-0.05, 0) is 33.8 Å². The van der Waals surface area contributed by atoms with Crippen molar-refractivity contribution in [3.8, 4) is 0 Å². The molecule has 1 aromatic heterocycles. The SMILES string of the molecule is Cc1nn(C)c(C)c1/C=C/C(=O)OCC(=O)NC(C)C. The van der Waals surface area contributed by atoms with Crippen molar-refractivity contribution in [2.24, 2.45) is 7.05 Å². The van der Waals surface area contributed by atoms with E-state index in [0.29, 0.717) is 0 Å². The summed E-state index contributed by atoms with van der Waals surface area (Å²) in [6.45, 7) is 7.20. The molecule has 110 valence electrons. The molecule has 0 spiro atoms. The third-order valence-electron chi connectivity index (χ3n) is 2.75. The van der Waals surface area contributed by atoms with E-state index in [1.165, 1.54) is 6.08 Å². The first-order valence-corrected chi connectivity index (χ1v) is 6.45. The number of rotatable bonds is 5. The zero-order chi connectivity index (χ0) is 15.3. The maximum absolute atomic E-state index is 11.5. The fourth-order valence-corrected chi connectivity index (χ4v) is 1.73. The first-order valence-electron chi connectivity index (χ1n) is 6.45. The molecule has 20 heavy (non-hydrogen) atoms. The lowest BCUT2D eigenvalue weighted by atomic mass is 10.2. The summed E-state index contributed by atoms with van der Waals surface area (Å²) in [4.78, 5) is 22.8. The molecule has 1 rings (SSSR count). The topological polar surface area (TPSA) is 73.2 Å². The molecular formula is C14H21N3O3. The summed E-state index contributed by atoms with van der Waals surface area (Å²) in [6, 6.07) is 0.0254. The molecule has 0 aliphatic carbocycles. The quantitative estimate of drug-likeness (QED) is 0.647. The Morgan fingerprint density at radius 1 is 1.40 bits per heavy atom. The van der Waals surface area contributed by atoms with E-state index in [0.717, 1.165) is 17.0 Å². The third kappa shape index (κ3) is 4.53. The molecule has 0 fully saturated rings. The molecular weight excluding hydrogens is 258 g/mol. The van der Waals surface area contributed by atoms with Crippen LogP contribution in [0.4, 0.5) is 0 Å². The Kier molecular flexibility index (Phi) is 5.49. The van der Waals surface area contributed by atoms with E-state index in [1.54, 1.807) is 10.8 Å². The van der Waals surface area contributed by atoms with Crippen LogP contribution in [0.15, 0.2) is 6.08 Å². The number of carbonyl (C=O) groups is 2. The van der Waals surface area contributed by atoms with Gasteiger partial charge in [0.15, 0.2) is 6.61 Å². The van der Waals surface area contributed by atoms with Crippen LogP contribution in [-0.2, 0) is 21.4 Å². The van der Waals surface area contributed by atoms with E-state index >= 15 is 0 Å². The molecule has 0 radical (unpaired) electrons. The molecule has 1 heterocycles. The number of aromatic nitrogens is 2. The van der Waals surface area contributed by atoms with Crippen LogP contribution in [-0.4, -0.2) is 34.3 Å². The first kappa shape index (κ1) is 15.9. The molecule has 0 saturated heterocycles. The first-order chi connectivity index (χ1) is 9.31. The Morgan fingerprint density at radius 2 is 2.05 bits per heavy atom. The minimum atomic E-state index is -0.549. The molecule has 0 atom stereocenters. The number of carbonyl (C=O) groups excluding carboxylic acids is 2. The minimum absolute atomic E-state index is 0.0254. The molecule has 6 heteroatoms. The van der Waals surface area contributed by atoms with E-state index in [9.17, 15) is 9.59 Å². The van der Waals surface area contributed by atoms with E-state index in [-0.39, 0.29) is 18.6 Å². The Bertz CT molecular complexity index is 530. The summed E-state index contributed by atoms with van der Waals surface area (Å²) in [5.41, 5.74) is 2.69. The van der Waals surface area contributed by atoms with Gasteiger partial charge in [-0.2, -0.15) is 5.10 Å². The number of amides is 1. The maximum atomic E-state index is 11.5. The second-order valence-corrected chi connectivity index (χ2v) is 4.87. The van der Waals surface area contributed by atoms with Crippen LogP contribution in [0.25, 0.3) is 6.08 Å². The van der Waals surface area contributed by atoms with Gasteiger partial charge in [0.1, 0.15) is 0 Å². The summed E-state index contributed by atoms with van der Waals surface area (Å²) in [6.07, 6.45) is 2.96. The zero-order valence-electron chi connectivity index (χ0n) is 12.6. The van der Waals surface area contributed by atoms with Gasteiger partial charge in [-0.25, -0.2) is 4.79 Å². The fourth-order valence-electron chi connectivity index (χ4n) is 1.73. The number of ether oxygens (including phenoxy) is 1. The van der Waals surface area contributed by atoms with Gasteiger partial charge in [0, 0.05) is 30.4 Å². The molecule has 1 N–H and O–H groups in total. The van der Waals surface area contributed by atoms with Crippen molar-refractivity contribution in [2.75, 3.05) is 6.61 Å². The smallest absolute Gasteiger partial charge is 0.331 e. The van der Waals surface area contributed by atoms with Crippen molar-refractivity contribution in [3.63, 3.8) is 0 Å². The normalized spacial score (nSPS) is 11.1. The fraction of sp³-hybridized carbons (Fsp3) is 0.500. The molecule has 0 aromatic carbocycles. The van der Waals surface area contributed by atoms with Gasteiger partial charge < -0.3 is 10.1 Å². The highest BCUT2D eigenvalue weighted by Gasteiger charge is 2.08. The number of nitrogens with one attached hydrogen (secondary N) is 1. The predicted octanol–water partition coefficient (Wildman–Crippen LogP) is 1.12. The van der Waals surface area contributed by atoms with Gasteiger partial charge in [-0.1, -0.05) is 0 Å². The van der Waals surface area contributed by atoms with Gasteiger partial charge in [-0.3, -0.25) is 9.48 Å². The second kappa shape index (κ2) is 6.88. The monoisotopic (exact) mass is 279 g/mol. The third-order valence-corrected chi connectivity index (χ3v) is 2.75. The predicted molar refractivity (Wildman–Crippen MR) is 76.0 cm³/mol. The number of hydrogen-bond acceptors (Lipinski definition) is 4. The van der Waals surface area contributed by atoms with E-state index in [1.807, 2.05) is 34.7 Å². The van der Waals surface area contributed by atoms with E-state index < -0.39 is 5.97 Å². The number of esters is 1. The van der Waals surface area contributed by atoms with Gasteiger partial charge in [0.05, 0.1) is 5.69 Å². The van der Waals surface area contributed by atoms with Crippen molar-refractivity contribution < 1.29 is 14.3 Å². The molecule has 0 bridgehead atoms. The molecule has 0 aliphatic rings. The molecule has 1 aromatic rings. The number of nitrogens with zero attached hydrogens (tertiary/aromatic N) is 2. The standard InChI is InChI=1S/C14H21N3O3/c1-9(2)15-13(18)8-20-14(19)7-6-12-10(3)16-17(5)11(12)4/h6-7,9H,8H2,1-5H3,(H,15,18)/b7-6+. The number of aryl methyl sites for hydroxylation is 2. The van der Waals surface area contributed by atoms with Crippen LogP contribution >= 0.6 is 0 Å². The van der Waals surface area contributed by atoms with Crippen LogP contribution < -0.4 is 5.32 Å². The van der Waals surface area contributed by atoms with Crippen molar-refractivity contribution in [3.05, 3.63) is 23.0 Å². The highest BCUT2D eigenvalue weighted by molar-refractivity contribution is 5.89. The van der Waals surface area contributed by atoms with Crippen LogP contribution in [0.2, 0.25) is 0 Å². The molecule has 1 amide bonds. The Balaban J connectivity index is 2.54. The van der Waals surface area contributed by atoms with Crippen LogP contribution in [0.3, 0.4) is 0 Å². The van der Waals surface area contributed by atoms with Crippen molar-refractivity contribution >= 4 is 18.0 Å². The van der Waals surface area contributed by atoms with Crippen LogP contribution in [0, 0.1) is 13.8 Å². The minimum Gasteiger partial charge on any atom is -0.452 e. The highest BCUT2D eigenvalue weighted by atomic mass is 16.5. The van der Waals surface area contributed by atoms with Crippen LogP contribution in [0.1, 0.15) is 30.8 Å². The lowest BCUT2D eigenvalue weighted by Gasteiger charge is -2.07. The average molecular weight is 279 g/mol. The van der Waals surface area contributed by atoms with E-state index in [2.05, 4.69) is 10.4 Å². The van der Waals surface area contributed by atoms with E-state index in [4.69, 9.17) is 4.74 Å². The molecule has 0 unspecified atom stereocenters. The highest BCUT2D eigenvalue weighted by Crippen LogP contribution is 2.13. The van der Waals surface area contributed by atoms with Gasteiger partial charge in [0.25, 0.3) is 5.91 Å². The van der Waals surface area contributed by atoms with Crippen molar-refractivity contribution in [2.45, 2.75) is 33.7 Å². The second-order valence-electron chi connectivity index (χ2n) is 4.87. The maximum Gasteiger partial charge on any atom is 0.331 e. The number of hydrogen-bond donors (Lipinski definition) is 1. The zero-order valence-corrected chi connectivity index (χ0v) is 12.6. The van der Waals surface area contributed by atoms with Gasteiger partial charge in [0.2, 0.25) is 0 Å². The van der Waals surface area contributed by atoms with Crippen molar-refractivity contribution in [1.82, 2.24) is 15.1 Å². The summed E-state index contributed by atoms with van der Waals surface area (Å²) in [5, 5.41) is 6.88. The Labute approximate surface area is 118 Å². The van der Waals surface area contributed by atoms with Gasteiger partial charge in [-0.15, -0.1) is 0 Å². The summed E-state index contributed by atoms with van der Waals surface area (Å²) >= 11 is 0. The lowest BCUT2D eigenvalue weighted by Crippen LogP contribution is -2.33. The largest absolute Gasteiger partial charge is 0.452 e. The lowest BCUT2D eigenvalue weighted by molar-refractivity contribution is -0.143. The summed E-state index contributed by atoms with van der Waals surface area (Å²) in [5.74, 6) is -0.859. The summed E-state index contributed by atoms with van der Waals surface area (Å²) in [7, 11) is 1.84. The van der Waals surface area contributed by atoms with Crippen LogP contribution in [0.5, 0.6) is 0 Å². The molecule has 0 aliphatic heterocycles. The average Bonchev–Trinajstić information content (AvgIpc) is 2.58. The van der Waals surface area contributed by atoms with Crippen molar-refractivity contribution in [1.29, 1.82) is 0 Å². The molecule has 0 saturated carbocycles. The Hall–Kier alpha value is -2.11. The Morgan fingerprint density at radius 3 is 2.55 bits per heavy atom. The summed E-state index contributed by atoms with van der Waals surface area (Å²) < 4.78 is 6.59. The molecule has 6 nitrogen and oxygen atoms in total. The van der Waals surface area contributed by atoms with Gasteiger partial charge >= 0.3 is 5.97 Å².